The fourth-order valence-corrected chi connectivity index (χ4v) is 6.71. The molecule has 1 aliphatic carbocycles. The number of piperazine rings is 1. The summed E-state index contributed by atoms with van der Waals surface area (Å²) in [7, 11) is -4.01. The number of terminal acetylenes is 1. The SMILES string of the molecule is C#CCOc1nn(-c2nnc(C(F)F)s2)c2cc(S(=O)(=O)NC3(C)CC3)cc(N3CCN(C(=O)C(C)(C)O)CC3)c12. The normalized spacial score (nSPS) is 17.2. The number of hydrogen-bond acceptors (Lipinski definition) is 10. The Morgan fingerprint density at radius 2 is 1.95 bits per heavy atom. The zero-order valence-electron chi connectivity index (χ0n) is 22.6. The molecule has 3 heterocycles. The molecule has 1 saturated carbocycles. The summed E-state index contributed by atoms with van der Waals surface area (Å²) < 4.78 is 63.4. The Balaban J connectivity index is 1.65. The van der Waals surface area contributed by atoms with Crippen molar-refractivity contribution in [2.45, 2.75) is 56.1 Å². The molecule has 220 valence electrons. The third kappa shape index (κ3) is 5.85. The molecule has 1 aliphatic heterocycles. The number of rotatable bonds is 9. The molecule has 0 radical (unpaired) electrons. The monoisotopic (exact) mass is 609 g/mol. The van der Waals surface area contributed by atoms with E-state index in [1.54, 1.807) is 0 Å². The minimum absolute atomic E-state index is 0.0101. The van der Waals surface area contributed by atoms with E-state index in [4.69, 9.17) is 11.2 Å². The summed E-state index contributed by atoms with van der Waals surface area (Å²) in [6.07, 6.45) is 3.95. The number of sulfonamides is 1. The molecule has 2 N–H and O–H groups in total. The van der Waals surface area contributed by atoms with Gasteiger partial charge < -0.3 is 19.6 Å². The van der Waals surface area contributed by atoms with Gasteiger partial charge in [-0.1, -0.05) is 17.3 Å². The zero-order valence-corrected chi connectivity index (χ0v) is 24.2. The Bertz CT molecular complexity index is 1630. The van der Waals surface area contributed by atoms with Crippen LogP contribution in [-0.2, 0) is 14.8 Å². The van der Waals surface area contributed by atoms with Crippen molar-refractivity contribution in [2.24, 2.45) is 0 Å². The predicted molar refractivity (Wildman–Crippen MR) is 147 cm³/mol. The number of aromatic nitrogens is 4. The molecule has 1 amide bonds. The molecular formula is C25H29F2N7O5S2. The molecule has 0 spiro atoms. The van der Waals surface area contributed by atoms with Crippen molar-refractivity contribution in [3.63, 3.8) is 0 Å². The van der Waals surface area contributed by atoms with E-state index >= 15 is 0 Å². The first-order valence-electron chi connectivity index (χ1n) is 12.8. The topological polar surface area (TPSA) is 143 Å². The fourth-order valence-electron chi connectivity index (χ4n) is 4.54. The highest BCUT2D eigenvalue weighted by Crippen LogP contribution is 2.41. The van der Waals surface area contributed by atoms with E-state index < -0.39 is 38.5 Å². The summed E-state index contributed by atoms with van der Waals surface area (Å²) in [6, 6.07) is 2.89. The van der Waals surface area contributed by atoms with Crippen molar-refractivity contribution < 1.29 is 31.8 Å². The molecule has 12 nitrogen and oxygen atoms in total. The molecule has 0 unspecified atom stereocenters. The molecule has 2 fully saturated rings. The van der Waals surface area contributed by atoms with Crippen LogP contribution in [0.1, 0.15) is 45.0 Å². The first-order valence-corrected chi connectivity index (χ1v) is 15.1. The first kappa shape index (κ1) is 29.1. The lowest BCUT2D eigenvalue weighted by molar-refractivity contribution is -0.148. The minimum Gasteiger partial charge on any atom is -0.463 e. The van der Waals surface area contributed by atoms with Gasteiger partial charge >= 0.3 is 0 Å². The van der Waals surface area contributed by atoms with E-state index in [-0.39, 0.29) is 41.1 Å². The number of ether oxygens (including phenoxy) is 1. The van der Waals surface area contributed by atoms with Crippen LogP contribution in [0.15, 0.2) is 17.0 Å². The van der Waals surface area contributed by atoms with Crippen LogP contribution in [0.5, 0.6) is 5.88 Å². The van der Waals surface area contributed by atoms with E-state index in [2.05, 4.69) is 25.9 Å². The molecule has 1 aromatic carbocycles. The number of benzene rings is 1. The maximum absolute atomic E-state index is 13.5. The van der Waals surface area contributed by atoms with Gasteiger partial charge in [0, 0.05) is 31.7 Å². The molecule has 5 rings (SSSR count). The molecule has 0 bridgehead atoms. The van der Waals surface area contributed by atoms with Gasteiger partial charge in [-0.2, -0.15) is 0 Å². The van der Waals surface area contributed by atoms with Crippen molar-refractivity contribution in [3.05, 3.63) is 17.1 Å². The smallest absolute Gasteiger partial charge is 0.291 e. The summed E-state index contributed by atoms with van der Waals surface area (Å²) in [5, 5.41) is 21.9. The van der Waals surface area contributed by atoms with Gasteiger partial charge in [-0.15, -0.1) is 21.7 Å². The second kappa shape index (κ2) is 10.5. The third-order valence-corrected chi connectivity index (χ3v) is 9.44. The van der Waals surface area contributed by atoms with Crippen molar-refractivity contribution in [3.8, 4) is 23.4 Å². The number of fused-ring (bicyclic) bond motifs is 1. The highest BCUT2D eigenvalue weighted by Gasteiger charge is 2.42. The van der Waals surface area contributed by atoms with Crippen LogP contribution >= 0.6 is 11.3 Å². The summed E-state index contributed by atoms with van der Waals surface area (Å²) in [6.45, 7) is 5.64. The van der Waals surface area contributed by atoms with E-state index in [1.807, 2.05) is 11.8 Å². The number of amides is 1. The summed E-state index contributed by atoms with van der Waals surface area (Å²) in [5.74, 6) is 2.00. The number of nitrogens with one attached hydrogen (secondary N) is 1. The van der Waals surface area contributed by atoms with Crippen LogP contribution in [0, 0.1) is 12.3 Å². The Morgan fingerprint density at radius 1 is 1.27 bits per heavy atom. The van der Waals surface area contributed by atoms with Gasteiger partial charge in [-0.3, -0.25) is 4.79 Å². The molecule has 41 heavy (non-hydrogen) atoms. The van der Waals surface area contributed by atoms with Gasteiger partial charge in [0.05, 0.1) is 21.5 Å². The van der Waals surface area contributed by atoms with Crippen LogP contribution < -0.4 is 14.4 Å². The highest BCUT2D eigenvalue weighted by atomic mass is 32.2. The van der Waals surface area contributed by atoms with E-state index in [0.717, 1.165) is 0 Å². The van der Waals surface area contributed by atoms with Crippen LogP contribution in [0.2, 0.25) is 0 Å². The van der Waals surface area contributed by atoms with E-state index in [0.29, 0.717) is 48.3 Å². The van der Waals surface area contributed by atoms with Crippen LogP contribution in [0.3, 0.4) is 0 Å². The van der Waals surface area contributed by atoms with Crippen LogP contribution in [-0.4, -0.2) is 88.2 Å². The summed E-state index contributed by atoms with van der Waals surface area (Å²) in [5.41, 5.74) is -1.41. The van der Waals surface area contributed by atoms with Crippen molar-refractivity contribution in [1.29, 1.82) is 0 Å². The maximum atomic E-state index is 13.5. The van der Waals surface area contributed by atoms with Gasteiger partial charge in [0.2, 0.25) is 21.0 Å². The molecule has 3 aromatic rings. The molecule has 16 heteroatoms. The molecule has 0 atom stereocenters. The molecular weight excluding hydrogens is 580 g/mol. The quantitative estimate of drug-likeness (QED) is 0.349. The number of alkyl halides is 2. The number of carbonyl (C=O) groups is 1. The first-order chi connectivity index (χ1) is 19.2. The fraction of sp³-hybridized carbons (Fsp3) is 0.520. The minimum atomic E-state index is -4.01. The van der Waals surface area contributed by atoms with Gasteiger partial charge in [-0.25, -0.2) is 26.6 Å². The predicted octanol–water partition coefficient (Wildman–Crippen LogP) is 2.08. The molecule has 2 aromatic heterocycles. The summed E-state index contributed by atoms with van der Waals surface area (Å²) >= 11 is 0.613. The maximum Gasteiger partial charge on any atom is 0.291 e. The lowest BCUT2D eigenvalue weighted by atomic mass is 10.1. The van der Waals surface area contributed by atoms with Crippen LogP contribution in [0.4, 0.5) is 14.5 Å². The average Bonchev–Trinajstić information content (AvgIpc) is 3.28. The number of anilines is 1. The Morgan fingerprint density at radius 3 is 2.51 bits per heavy atom. The number of carbonyl (C=O) groups excluding carboxylic acids is 1. The standard InChI is InChI=1S/C25H29F2N7O5S2/c1-5-12-39-20-18-16(32-8-10-33(11-9-32)22(35)24(2,3)36)13-15(41(37,38)31-25(4)6-7-25)14-17(18)34(30-20)23-29-28-21(40-23)19(26)27/h1,13-14,19,31,36H,6-12H2,2-4H3. The lowest BCUT2D eigenvalue weighted by Crippen LogP contribution is -2.54. The second-order valence-electron chi connectivity index (χ2n) is 10.8. The lowest BCUT2D eigenvalue weighted by Gasteiger charge is -2.38. The van der Waals surface area contributed by atoms with Gasteiger partial charge in [0.25, 0.3) is 12.3 Å². The van der Waals surface area contributed by atoms with Crippen LogP contribution in [0.25, 0.3) is 16.0 Å². The zero-order chi connectivity index (χ0) is 29.7. The Labute approximate surface area is 239 Å². The largest absolute Gasteiger partial charge is 0.463 e. The summed E-state index contributed by atoms with van der Waals surface area (Å²) in [4.78, 5) is 16.0. The average molecular weight is 610 g/mol. The molecule has 1 saturated heterocycles. The van der Waals surface area contributed by atoms with Crippen molar-refractivity contribution in [1.82, 2.24) is 29.6 Å². The van der Waals surface area contributed by atoms with Gasteiger partial charge in [-0.05, 0) is 45.7 Å². The highest BCUT2D eigenvalue weighted by molar-refractivity contribution is 7.89. The van der Waals surface area contributed by atoms with E-state index in [9.17, 15) is 27.1 Å². The third-order valence-electron chi connectivity index (χ3n) is 6.92. The number of halogens is 2. The van der Waals surface area contributed by atoms with Crippen molar-refractivity contribution in [2.75, 3.05) is 37.7 Å². The van der Waals surface area contributed by atoms with Crippen molar-refractivity contribution >= 4 is 43.9 Å². The van der Waals surface area contributed by atoms with Gasteiger partial charge in [0.1, 0.15) is 5.60 Å². The molecule has 2 aliphatic rings. The Kier molecular flexibility index (Phi) is 7.43. The Hall–Kier alpha value is -3.39. The van der Waals surface area contributed by atoms with E-state index in [1.165, 1.54) is 35.6 Å². The number of aliphatic hydroxyl groups is 1. The van der Waals surface area contributed by atoms with Gasteiger partial charge in [0.15, 0.2) is 11.6 Å². The number of nitrogens with zero attached hydrogens (tertiary/aromatic N) is 6. The number of hydrogen-bond donors (Lipinski definition) is 2. The second-order valence-corrected chi connectivity index (χ2v) is 13.4.